The second kappa shape index (κ2) is 54.2. The van der Waals surface area contributed by atoms with Gasteiger partial charge in [-0.1, -0.05) is 270 Å². The average molecular weight is 905 g/mol. The predicted molar refractivity (Wildman–Crippen MR) is 278 cm³/mol. The Balaban J connectivity index is 3.38. The van der Waals surface area contributed by atoms with Gasteiger partial charge < -0.3 is 20.3 Å². The lowest BCUT2D eigenvalue weighted by Gasteiger charge is -2.22. The Kier molecular flexibility index (Phi) is 53.0. The summed E-state index contributed by atoms with van der Waals surface area (Å²) in [5.41, 5.74) is 0. The van der Waals surface area contributed by atoms with Crippen LogP contribution in [0.4, 0.5) is 0 Å². The van der Waals surface area contributed by atoms with Crippen molar-refractivity contribution < 1.29 is 24.5 Å². The van der Waals surface area contributed by atoms with E-state index in [0.717, 1.165) is 38.5 Å². The molecule has 3 N–H and O–H groups in total. The van der Waals surface area contributed by atoms with Crippen LogP contribution in [0.25, 0.3) is 0 Å². The molecule has 0 spiro atoms. The van der Waals surface area contributed by atoms with Crippen LogP contribution in [0.2, 0.25) is 0 Å². The third kappa shape index (κ3) is 50.0. The van der Waals surface area contributed by atoms with Gasteiger partial charge >= 0.3 is 5.97 Å². The number of aliphatic hydroxyl groups is 2. The number of hydrogen-bond donors (Lipinski definition) is 3. The monoisotopic (exact) mass is 904 g/mol. The molecule has 0 aromatic carbocycles. The number of allylic oxidation sites excluding steroid dienone is 2. The first kappa shape index (κ1) is 62.6. The molecule has 0 saturated carbocycles. The molecule has 64 heavy (non-hydrogen) atoms. The minimum absolute atomic E-state index is 0.00860. The summed E-state index contributed by atoms with van der Waals surface area (Å²) < 4.78 is 5.49. The summed E-state index contributed by atoms with van der Waals surface area (Å²) in [5.74, 6) is -0.0367. The Bertz CT molecular complexity index is 955. The minimum atomic E-state index is -0.668. The van der Waals surface area contributed by atoms with Crippen LogP contribution < -0.4 is 5.32 Å². The summed E-state index contributed by atoms with van der Waals surface area (Å²) in [6, 6.07) is -0.546. The summed E-state index contributed by atoms with van der Waals surface area (Å²) >= 11 is 0. The average Bonchev–Trinajstić information content (AvgIpc) is 3.29. The van der Waals surface area contributed by atoms with Gasteiger partial charge in [0.25, 0.3) is 0 Å². The highest BCUT2D eigenvalue weighted by molar-refractivity contribution is 5.76. The van der Waals surface area contributed by atoms with Gasteiger partial charge in [0.1, 0.15) is 0 Å². The molecule has 0 radical (unpaired) electrons. The van der Waals surface area contributed by atoms with Crippen LogP contribution in [-0.2, 0) is 14.3 Å². The largest absolute Gasteiger partial charge is 0.466 e. The van der Waals surface area contributed by atoms with Crippen molar-refractivity contribution in [3.8, 4) is 0 Å². The lowest BCUT2D eigenvalue weighted by atomic mass is 10.0. The van der Waals surface area contributed by atoms with Gasteiger partial charge in [-0.2, -0.15) is 0 Å². The molecule has 0 fully saturated rings. The molecule has 0 bridgehead atoms. The Labute approximate surface area is 399 Å². The maximum absolute atomic E-state index is 12.4. The van der Waals surface area contributed by atoms with Crippen molar-refractivity contribution in [2.24, 2.45) is 0 Å². The number of rotatable bonds is 54. The summed E-state index contributed by atoms with van der Waals surface area (Å²) in [5, 5.41) is 23.1. The molecule has 0 aliphatic carbocycles. The Morgan fingerprint density at radius 2 is 0.734 bits per heavy atom. The van der Waals surface area contributed by atoms with Gasteiger partial charge in [-0.3, -0.25) is 9.59 Å². The van der Waals surface area contributed by atoms with Crippen LogP contribution in [0.15, 0.2) is 12.2 Å². The molecule has 0 saturated heterocycles. The second-order valence-electron chi connectivity index (χ2n) is 20.0. The van der Waals surface area contributed by atoms with E-state index in [9.17, 15) is 19.8 Å². The highest BCUT2D eigenvalue weighted by atomic mass is 16.5. The molecular formula is C58H113NO5. The molecule has 380 valence electrons. The van der Waals surface area contributed by atoms with E-state index in [1.807, 2.05) is 0 Å². The summed E-state index contributed by atoms with van der Waals surface area (Å²) in [7, 11) is 0. The third-order valence-corrected chi connectivity index (χ3v) is 13.6. The highest BCUT2D eigenvalue weighted by Gasteiger charge is 2.20. The van der Waals surface area contributed by atoms with Crippen molar-refractivity contribution in [2.75, 3.05) is 13.2 Å². The van der Waals surface area contributed by atoms with Gasteiger partial charge in [-0.25, -0.2) is 0 Å². The standard InChI is InChI=1S/C58H113NO5/c1-3-5-7-9-11-13-15-16-17-18-23-26-29-32-36-40-44-48-52-58(63)64-53-49-45-41-37-33-30-27-24-21-19-20-22-25-28-31-35-39-43-47-51-57(62)59-55(54-60)56(61)50-46-42-38-34-14-12-10-8-6-4-2/h19-20,55-56,60-61H,3-18,21-54H2,1-2H3,(H,59,62)/b20-19-. The zero-order chi connectivity index (χ0) is 46.5. The van der Waals surface area contributed by atoms with E-state index in [1.165, 1.54) is 250 Å². The molecule has 0 rings (SSSR count). The fourth-order valence-corrected chi connectivity index (χ4v) is 9.11. The number of carbonyl (C=O) groups is 2. The van der Waals surface area contributed by atoms with Gasteiger partial charge in [-0.05, 0) is 51.4 Å². The van der Waals surface area contributed by atoms with Crippen molar-refractivity contribution in [3.63, 3.8) is 0 Å². The van der Waals surface area contributed by atoms with Gasteiger partial charge in [0.15, 0.2) is 0 Å². The maximum atomic E-state index is 12.4. The smallest absolute Gasteiger partial charge is 0.305 e. The van der Waals surface area contributed by atoms with E-state index in [2.05, 4.69) is 31.3 Å². The molecular weight excluding hydrogens is 791 g/mol. The number of aliphatic hydroxyl groups excluding tert-OH is 2. The van der Waals surface area contributed by atoms with Gasteiger partial charge in [0, 0.05) is 12.8 Å². The zero-order valence-corrected chi connectivity index (χ0v) is 43.3. The van der Waals surface area contributed by atoms with Crippen molar-refractivity contribution >= 4 is 11.9 Å². The van der Waals surface area contributed by atoms with E-state index in [0.29, 0.717) is 25.9 Å². The SMILES string of the molecule is CCCCCCCCCCCCCCCCCCCCC(=O)OCCCCCCCCCC/C=C\CCCCCCCCCC(=O)NC(CO)C(O)CCCCCCCCCCCC. The first-order valence-corrected chi connectivity index (χ1v) is 28.9. The molecule has 6 heteroatoms. The van der Waals surface area contributed by atoms with Crippen LogP contribution in [0, 0.1) is 0 Å². The minimum Gasteiger partial charge on any atom is -0.466 e. The molecule has 0 aromatic heterocycles. The summed E-state index contributed by atoms with van der Waals surface area (Å²) in [4.78, 5) is 24.5. The molecule has 2 atom stereocenters. The Morgan fingerprint density at radius 3 is 1.11 bits per heavy atom. The van der Waals surface area contributed by atoms with Crippen LogP contribution in [0.5, 0.6) is 0 Å². The summed E-state index contributed by atoms with van der Waals surface area (Å²) in [6.45, 7) is 4.94. The van der Waals surface area contributed by atoms with Crippen LogP contribution >= 0.6 is 0 Å². The van der Waals surface area contributed by atoms with Gasteiger partial charge in [0.05, 0.1) is 25.4 Å². The topological polar surface area (TPSA) is 95.9 Å². The third-order valence-electron chi connectivity index (χ3n) is 13.6. The highest BCUT2D eigenvalue weighted by Crippen LogP contribution is 2.17. The number of nitrogens with one attached hydrogen (secondary N) is 1. The van der Waals surface area contributed by atoms with Crippen molar-refractivity contribution in [2.45, 2.75) is 334 Å². The maximum Gasteiger partial charge on any atom is 0.305 e. The zero-order valence-electron chi connectivity index (χ0n) is 43.3. The quantitative estimate of drug-likeness (QED) is 0.0321. The molecule has 2 unspecified atom stereocenters. The van der Waals surface area contributed by atoms with E-state index in [1.54, 1.807) is 0 Å². The molecule has 0 aromatic rings. The van der Waals surface area contributed by atoms with Crippen molar-refractivity contribution in [3.05, 3.63) is 12.2 Å². The molecule has 1 amide bonds. The Morgan fingerprint density at radius 1 is 0.422 bits per heavy atom. The number of carbonyl (C=O) groups excluding carboxylic acids is 2. The Hall–Kier alpha value is -1.40. The number of esters is 1. The normalized spacial score (nSPS) is 12.6. The fourth-order valence-electron chi connectivity index (χ4n) is 9.11. The fraction of sp³-hybridized carbons (Fsp3) is 0.931. The molecule has 0 aliphatic rings. The number of ether oxygens (including phenoxy) is 1. The van der Waals surface area contributed by atoms with Crippen molar-refractivity contribution in [1.29, 1.82) is 0 Å². The lowest BCUT2D eigenvalue weighted by molar-refractivity contribution is -0.143. The predicted octanol–water partition coefficient (Wildman–Crippen LogP) is 17.7. The number of amides is 1. The van der Waals surface area contributed by atoms with Gasteiger partial charge in [-0.15, -0.1) is 0 Å². The second-order valence-corrected chi connectivity index (χ2v) is 20.0. The molecule has 6 nitrogen and oxygen atoms in total. The van der Waals surface area contributed by atoms with E-state index in [4.69, 9.17) is 4.74 Å². The first-order chi connectivity index (χ1) is 31.5. The van der Waals surface area contributed by atoms with Crippen LogP contribution in [0.1, 0.15) is 322 Å². The molecule has 0 heterocycles. The van der Waals surface area contributed by atoms with Gasteiger partial charge in [0.2, 0.25) is 5.91 Å². The summed E-state index contributed by atoms with van der Waals surface area (Å²) in [6.07, 6.45) is 63.5. The van der Waals surface area contributed by atoms with Crippen LogP contribution in [0.3, 0.4) is 0 Å². The lowest BCUT2D eigenvalue weighted by Crippen LogP contribution is -2.45. The van der Waals surface area contributed by atoms with Crippen molar-refractivity contribution in [1.82, 2.24) is 5.32 Å². The van der Waals surface area contributed by atoms with Crippen LogP contribution in [-0.4, -0.2) is 47.4 Å². The van der Waals surface area contributed by atoms with E-state index < -0.39 is 12.1 Å². The number of unbranched alkanes of at least 4 members (excludes halogenated alkanes) is 41. The first-order valence-electron chi connectivity index (χ1n) is 28.9. The number of hydrogen-bond acceptors (Lipinski definition) is 5. The van der Waals surface area contributed by atoms with E-state index >= 15 is 0 Å². The molecule has 0 aliphatic heterocycles. The van der Waals surface area contributed by atoms with E-state index in [-0.39, 0.29) is 18.5 Å².